The Labute approximate surface area is 206 Å². The number of aliphatic carboxylic acids is 1. The van der Waals surface area contributed by atoms with Crippen LogP contribution in [0.3, 0.4) is 0 Å². The van der Waals surface area contributed by atoms with E-state index in [1.54, 1.807) is 0 Å². The van der Waals surface area contributed by atoms with E-state index < -0.39 is 5.97 Å². The average molecular weight is 478 g/mol. The van der Waals surface area contributed by atoms with E-state index in [0.29, 0.717) is 18.3 Å². The molecule has 0 bridgehead atoms. The number of benzene rings is 1. The molecule has 1 atom stereocenters. The first-order valence-corrected chi connectivity index (χ1v) is 12.6. The number of hydrogen-bond acceptors (Lipinski definition) is 6. The molecule has 0 amide bonds. The highest BCUT2D eigenvalue weighted by Gasteiger charge is 2.32. The van der Waals surface area contributed by atoms with E-state index in [9.17, 15) is 9.90 Å². The Bertz CT molecular complexity index is 1250. The number of hydrogen-bond donors (Lipinski definition) is 1. The Morgan fingerprint density at radius 2 is 2.00 bits per heavy atom. The van der Waals surface area contributed by atoms with Crippen molar-refractivity contribution in [2.45, 2.75) is 59.8 Å². The van der Waals surface area contributed by atoms with Crippen molar-refractivity contribution in [3.8, 4) is 23.0 Å². The predicted molar refractivity (Wildman–Crippen MR) is 133 cm³/mol. The molecule has 1 aliphatic carbocycles. The van der Waals surface area contributed by atoms with Crippen LogP contribution in [0.1, 0.15) is 54.6 Å². The summed E-state index contributed by atoms with van der Waals surface area (Å²) in [4.78, 5) is 18.2. The molecule has 0 radical (unpaired) electrons. The number of aryl methyl sites for hydroxylation is 3. The van der Waals surface area contributed by atoms with E-state index in [1.165, 1.54) is 27.9 Å². The Morgan fingerprint density at radius 1 is 1.26 bits per heavy atom. The number of aromatic nitrogens is 4. The topological polar surface area (TPSA) is 97.3 Å². The molecule has 8 heteroatoms. The molecule has 1 aliphatic heterocycles. The smallest absolute Gasteiger partial charge is 0.307 e. The first-order valence-electron chi connectivity index (χ1n) is 12.6. The van der Waals surface area contributed by atoms with Gasteiger partial charge in [0.1, 0.15) is 0 Å². The normalized spacial score (nSPS) is 19.7. The number of fused-ring (bicyclic) bond motifs is 1. The minimum atomic E-state index is -0.682. The average Bonchev–Trinajstić information content (AvgIpc) is 3.52. The van der Waals surface area contributed by atoms with Gasteiger partial charge in [-0.05, 0) is 86.7 Å². The summed E-state index contributed by atoms with van der Waals surface area (Å²) in [5, 5.41) is 18.3. The van der Waals surface area contributed by atoms with Gasteiger partial charge in [0.15, 0.2) is 5.69 Å². The van der Waals surface area contributed by atoms with Gasteiger partial charge in [0.2, 0.25) is 5.82 Å². The third kappa shape index (κ3) is 4.63. The molecule has 3 heterocycles. The summed E-state index contributed by atoms with van der Waals surface area (Å²) in [7, 11) is 2.00. The fraction of sp³-hybridized carbons (Fsp3) is 0.556. The largest absolute Gasteiger partial charge is 0.481 e. The highest BCUT2D eigenvalue weighted by Crippen LogP contribution is 2.38. The second-order valence-corrected chi connectivity index (χ2v) is 11.1. The molecule has 5 rings (SSSR count). The van der Waals surface area contributed by atoms with Gasteiger partial charge in [0.05, 0.1) is 5.92 Å². The molecule has 35 heavy (non-hydrogen) atoms. The van der Waals surface area contributed by atoms with Crippen LogP contribution in [0.25, 0.3) is 23.0 Å². The monoisotopic (exact) mass is 477 g/mol. The highest BCUT2D eigenvalue weighted by molar-refractivity contribution is 5.70. The minimum absolute atomic E-state index is 0.233. The van der Waals surface area contributed by atoms with Gasteiger partial charge < -0.3 is 14.5 Å². The number of carbonyl (C=O) groups is 1. The van der Waals surface area contributed by atoms with Crippen LogP contribution in [-0.4, -0.2) is 55.5 Å². The summed E-state index contributed by atoms with van der Waals surface area (Å²) < 4.78 is 7.67. The zero-order valence-corrected chi connectivity index (χ0v) is 21.4. The number of likely N-dealkylation sites (tertiary alicyclic amines) is 1. The molecule has 8 nitrogen and oxygen atoms in total. The van der Waals surface area contributed by atoms with Crippen molar-refractivity contribution >= 4 is 5.97 Å². The van der Waals surface area contributed by atoms with Gasteiger partial charge >= 0.3 is 5.97 Å². The lowest BCUT2D eigenvalue weighted by Crippen LogP contribution is -2.25. The molecular weight excluding hydrogens is 442 g/mol. The summed E-state index contributed by atoms with van der Waals surface area (Å²) in [6.07, 6.45) is 4.73. The van der Waals surface area contributed by atoms with Crippen LogP contribution in [0, 0.1) is 25.2 Å². The minimum Gasteiger partial charge on any atom is -0.481 e. The molecule has 186 valence electrons. The quantitative estimate of drug-likeness (QED) is 0.568. The molecule has 1 fully saturated rings. The van der Waals surface area contributed by atoms with Gasteiger partial charge in [0.25, 0.3) is 5.89 Å². The van der Waals surface area contributed by atoms with Crippen molar-refractivity contribution in [2.75, 3.05) is 19.6 Å². The molecule has 3 aromatic rings. The van der Waals surface area contributed by atoms with Gasteiger partial charge in [-0.3, -0.25) is 9.48 Å². The third-order valence-corrected chi connectivity index (χ3v) is 7.86. The fourth-order valence-corrected chi connectivity index (χ4v) is 5.72. The van der Waals surface area contributed by atoms with E-state index in [-0.39, 0.29) is 11.3 Å². The zero-order valence-electron chi connectivity index (χ0n) is 21.4. The van der Waals surface area contributed by atoms with Crippen molar-refractivity contribution < 1.29 is 14.4 Å². The lowest BCUT2D eigenvalue weighted by molar-refractivity contribution is -0.141. The van der Waals surface area contributed by atoms with E-state index >= 15 is 0 Å². The van der Waals surface area contributed by atoms with Gasteiger partial charge in [-0.25, -0.2) is 0 Å². The van der Waals surface area contributed by atoms with Gasteiger partial charge in [0, 0.05) is 37.0 Å². The lowest BCUT2D eigenvalue weighted by atomic mass is 9.76. The van der Waals surface area contributed by atoms with Gasteiger partial charge in [-0.1, -0.05) is 19.0 Å². The first-order chi connectivity index (χ1) is 16.6. The zero-order chi connectivity index (χ0) is 24.9. The highest BCUT2D eigenvalue weighted by atomic mass is 16.5. The van der Waals surface area contributed by atoms with E-state index in [4.69, 9.17) is 14.6 Å². The summed E-state index contributed by atoms with van der Waals surface area (Å²) in [5.41, 5.74) is 8.22. The predicted octanol–water partition coefficient (Wildman–Crippen LogP) is 4.22. The summed E-state index contributed by atoms with van der Waals surface area (Å²) in [6.45, 7) is 11.2. The summed E-state index contributed by atoms with van der Waals surface area (Å²) in [6, 6.07) is 4.24. The van der Waals surface area contributed by atoms with Gasteiger partial charge in [-0.15, -0.1) is 0 Å². The summed E-state index contributed by atoms with van der Waals surface area (Å²) in [5.74, 6) is 0.150. The van der Waals surface area contributed by atoms with Gasteiger partial charge in [-0.2, -0.15) is 10.1 Å². The van der Waals surface area contributed by atoms with Crippen LogP contribution in [0.2, 0.25) is 0 Å². The number of rotatable bonds is 6. The lowest BCUT2D eigenvalue weighted by Gasteiger charge is -2.29. The molecular formula is C27H35N5O3. The maximum atomic E-state index is 11.2. The molecule has 0 spiro atoms. The van der Waals surface area contributed by atoms with Crippen LogP contribution >= 0.6 is 0 Å². The second-order valence-electron chi connectivity index (χ2n) is 11.1. The SMILES string of the molecule is Cc1cc(-c2noc(-c3nn(C)c4c3CCC(C)(C)C4)n2)cc(C)c1CCN1CCC(C(=O)O)C1. The van der Waals surface area contributed by atoms with E-state index in [1.807, 2.05) is 11.7 Å². The maximum Gasteiger partial charge on any atom is 0.307 e. The maximum absolute atomic E-state index is 11.2. The molecule has 1 saturated heterocycles. The number of carboxylic acid groups (broad SMARTS) is 1. The molecule has 0 saturated carbocycles. The molecule has 2 aliphatic rings. The molecule has 1 N–H and O–H groups in total. The van der Waals surface area contributed by atoms with E-state index in [0.717, 1.165) is 56.5 Å². The van der Waals surface area contributed by atoms with Crippen molar-refractivity contribution in [2.24, 2.45) is 18.4 Å². The first kappa shape index (κ1) is 23.7. The number of carboxylic acids is 1. The van der Waals surface area contributed by atoms with Crippen molar-refractivity contribution in [1.82, 2.24) is 24.8 Å². The Kier molecular flexibility index (Phi) is 6.03. The summed E-state index contributed by atoms with van der Waals surface area (Å²) >= 11 is 0. The Balaban J connectivity index is 1.34. The van der Waals surface area contributed by atoms with Crippen molar-refractivity contribution in [3.63, 3.8) is 0 Å². The standard InChI is InChI=1S/C27H35N5O3/c1-16-12-19(13-17(2)20(16)8-11-32-10-7-18(15-32)26(33)34)24-28-25(35-30-24)23-21-6-9-27(3,4)14-22(21)31(5)29-23/h12-13,18H,6-11,14-15H2,1-5H3,(H,33,34). The second kappa shape index (κ2) is 8.90. The number of nitrogens with zero attached hydrogens (tertiary/aromatic N) is 5. The van der Waals surface area contributed by atoms with Crippen LogP contribution in [0.5, 0.6) is 0 Å². The van der Waals surface area contributed by atoms with E-state index in [2.05, 4.69) is 49.9 Å². The third-order valence-electron chi connectivity index (χ3n) is 7.86. The molecule has 1 aromatic carbocycles. The molecule has 1 unspecified atom stereocenters. The van der Waals surface area contributed by atoms with Crippen molar-refractivity contribution in [3.05, 3.63) is 40.1 Å². The van der Waals surface area contributed by atoms with Crippen molar-refractivity contribution in [1.29, 1.82) is 0 Å². The fourth-order valence-electron chi connectivity index (χ4n) is 5.72. The molecule has 2 aromatic heterocycles. The van der Waals surface area contributed by atoms with Crippen LogP contribution in [-0.2, 0) is 31.1 Å². The van der Waals surface area contributed by atoms with Crippen LogP contribution in [0.4, 0.5) is 0 Å². The van der Waals surface area contributed by atoms with Crippen LogP contribution in [0.15, 0.2) is 16.7 Å². The Hall–Kier alpha value is -3.00. The Morgan fingerprint density at radius 3 is 2.69 bits per heavy atom. The van der Waals surface area contributed by atoms with Crippen LogP contribution < -0.4 is 0 Å².